The third-order valence-corrected chi connectivity index (χ3v) is 4.02. The Morgan fingerprint density at radius 1 is 1.45 bits per heavy atom. The molecule has 0 spiro atoms. The van der Waals surface area contributed by atoms with Crippen LogP contribution in [0.25, 0.3) is 5.65 Å². The maximum atomic E-state index is 12.1. The minimum atomic E-state index is 0.0449. The van der Waals surface area contributed by atoms with Crippen molar-refractivity contribution in [1.82, 2.24) is 9.38 Å². The SMILES string of the molecule is Cc1cn2cc(NC(=O)C[C@@H]3CCC[C@H]3N)ccc2n1. The quantitative estimate of drug-likeness (QED) is 0.898. The van der Waals surface area contributed by atoms with Crippen LogP contribution in [-0.2, 0) is 4.79 Å². The summed E-state index contributed by atoms with van der Waals surface area (Å²) in [6.45, 7) is 1.95. The number of aryl methyl sites for hydroxylation is 1. The molecular formula is C15H20N4O. The van der Waals surface area contributed by atoms with Crippen LogP contribution in [0.3, 0.4) is 0 Å². The van der Waals surface area contributed by atoms with Gasteiger partial charge in [0.1, 0.15) is 5.65 Å². The molecule has 0 unspecified atom stereocenters. The smallest absolute Gasteiger partial charge is 0.224 e. The van der Waals surface area contributed by atoms with Gasteiger partial charge in [-0.3, -0.25) is 4.79 Å². The van der Waals surface area contributed by atoms with E-state index in [0.717, 1.165) is 36.3 Å². The van der Waals surface area contributed by atoms with Gasteiger partial charge < -0.3 is 15.5 Å². The Morgan fingerprint density at radius 3 is 3.05 bits per heavy atom. The molecule has 3 rings (SSSR count). The first-order chi connectivity index (χ1) is 9.61. The fraction of sp³-hybridized carbons (Fsp3) is 0.467. The number of hydrogen-bond acceptors (Lipinski definition) is 3. The molecule has 0 radical (unpaired) electrons. The van der Waals surface area contributed by atoms with Crippen molar-refractivity contribution in [1.29, 1.82) is 0 Å². The summed E-state index contributed by atoms with van der Waals surface area (Å²) in [5.41, 5.74) is 8.65. The Kier molecular flexibility index (Phi) is 3.44. The molecule has 3 N–H and O–H groups in total. The minimum Gasteiger partial charge on any atom is -0.327 e. The summed E-state index contributed by atoms with van der Waals surface area (Å²) in [7, 11) is 0. The predicted octanol–water partition coefficient (Wildman–Crippen LogP) is 2.10. The lowest BCUT2D eigenvalue weighted by atomic mass is 10.00. The summed E-state index contributed by atoms with van der Waals surface area (Å²) in [5, 5.41) is 2.95. The topological polar surface area (TPSA) is 72.4 Å². The van der Waals surface area contributed by atoms with Crippen molar-refractivity contribution in [3.63, 3.8) is 0 Å². The van der Waals surface area contributed by atoms with Gasteiger partial charge in [-0.25, -0.2) is 4.98 Å². The average molecular weight is 272 g/mol. The zero-order valence-electron chi connectivity index (χ0n) is 11.7. The van der Waals surface area contributed by atoms with E-state index in [9.17, 15) is 4.79 Å². The van der Waals surface area contributed by atoms with Crippen LogP contribution < -0.4 is 11.1 Å². The molecular weight excluding hydrogens is 252 g/mol. The number of carbonyl (C=O) groups is 1. The number of pyridine rings is 1. The van der Waals surface area contributed by atoms with Crippen LogP contribution in [0.15, 0.2) is 24.5 Å². The number of fused-ring (bicyclic) bond motifs is 1. The molecule has 0 aliphatic heterocycles. The highest BCUT2D eigenvalue weighted by atomic mass is 16.1. The monoisotopic (exact) mass is 272 g/mol. The molecule has 2 heterocycles. The molecule has 0 aromatic carbocycles. The molecule has 1 aliphatic rings. The van der Waals surface area contributed by atoms with Crippen LogP contribution in [0.5, 0.6) is 0 Å². The number of carbonyl (C=O) groups excluding carboxylic acids is 1. The molecule has 5 nitrogen and oxygen atoms in total. The molecule has 2 aromatic heterocycles. The van der Waals surface area contributed by atoms with Crippen molar-refractivity contribution in [2.45, 2.75) is 38.6 Å². The highest BCUT2D eigenvalue weighted by Gasteiger charge is 2.25. The maximum absolute atomic E-state index is 12.1. The van der Waals surface area contributed by atoms with Crippen LogP contribution in [0, 0.1) is 12.8 Å². The van der Waals surface area contributed by atoms with Crippen LogP contribution in [-0.4, -0.2) is 21.3 Å². The van der Waals surface area contributed by atoms with E-state index in [1.165, 1.54) is 0 Å². The van der Waals surface area contributed by atoms with Gasteiger partial charge in [-0.2, -0.15) is 0 Å². The molecule has 2 aromatic rings. The number of aromatic nitrogens is 2. The van der Waals surface area contributed by atoms with Gasteiger partial charge in [0.25, 0.3) is 0 Å². The molecule has 0 bridgehead atoms. The van der Waals surface area contributed by atoms with E-state index in [2.05, 4.69) is 10.3 Å². The van der Waals surface area contributed by atoms with E-state index in [-0.39, 0.29) is 11.9 Å². The van der Waals surface area contributed by atoms with Gasteiger partial charge in [0.05, 0.1) is 11.4 Å². The molecule has 1 fully saturated rings. The summed E-state index contributed by atoms with van der Waals surface area (Å²) in [6.07, 6.45) is 7.59. The van der Waals surface area contributed by atoms with E-state index in [1.54, 1.807) is 0 Å². The second-order valence-electron chi connectivity index (χ2n) is 5.67. The number of nitrogens with two attached hydrogens (primary N) is 1. The molecule has 1 saturated carbocycles. The molecule has 0 saturated heterocycles. The first kappa shape index (κ1) is 13.1. The maximum Gasteiger partial charge on any atom is 0.224 e. The highest BCUT2D eigenvalue weighted by molar-refractivity contribution is 5.90. The first-order valence-corrected chi connectivity index (χ1v) is 7.12. The van der Waals surface area contributed by atoms with Crippen LogP contribution in [0.1, 0.15) is 31.4 Å². The minimum absolute atomic E-state index is 0.0449. The van der Waals surface area contributed by atoms with E-state index in [0.29, 0.717) is 12.3 Å². The zero-order chi connectivity index (χ0) is 14.1. The third-order valence-electron chi connectivity index (χ3n) is 4.02. The largest absolute Gasteiger partial charge is 0.327 e. The lowest BCUT2D eigenvalue weighted by molar-refractivity contribution is -0.117. The van der Waals surface area contributed by atoms with E-state index < -0.39 is 0 Å². The van der Waals surface area contributed by atoms with Crippen molar-refractivity contribution in [2.75, 3.05) is 5.32 Å². The normalized spacial score (nSPS) is 22.3. The average Bonchev–Trinajstić information content (AvgIpc) is 2.94. The summed E-state index contributed by atoms with van der Waals surface area (Å²) >= 11 is 0. The summed E-state index contributed by atoms with van der Waals surface area (Å²) in [5.74, 6) is 0.373. The fourth-order valence-corrected chi connectivity index (χ4v) is 2.96. The van der Waals surface area contributed by atoms with E-state index >= 15 is 0 Å². The number of hydrogen-bond donors (Lipinski definition) is 2. The molecule has 1 amide bonds. The molecule has 5 heteroatoms. The summed E-state index contributed by atoms with van der Waals surface area (Å²) in [4.78, 5) is 16.4. The van der Waals surface area contributed by atoms with Crippen molar-refractivity contribution < 1.29 is 4.79 Å². The Hall–Kier alpha value is -1.88. The second kappa shape index (κ2) is 5.25. The van der Waals surface area contributed by atoms with Crippen LogP contribution in [0.4, 0.5) is 5.69 Å². The standard InChI is InChI=1S/C15H20N4O/c1-10-8-19-9-12(5-6-14(19)17-10)18-15(20)7-11-3-2-4-13(11)16/h5-6,8-9,11,13H,2-4,7,16H2,1H3,(H,18,20)/t11-,13+/m0/s1. The third kappa shape index (κ3) is 2.67. The van der Waals surface area contributed by atoms with Crippen LogP contribution >= 0.6 is 0 Å². The van der Waals surface area contributed by atoms with Gasteiger partial charge in [-0.1, -0.05) is 6.42 Å². The number of imidazole rings is 1. The molecule has 106 valence electrons. The Morgan fingerprint density at radius 2 is 2.30 bits per heavy atom. The number of nitrogens with one attached hydrogen (secondary N) is 1. The van der Waals surface area contributed by atoms with Gasteiger partial charge >= 0.3 is 0 Å². The number of anilines is 1. The lowest BCUT2D eigenvalue weighted by Crippen LogP contribution is -2.28. The van der Waals surface area contributed by atoms with Gasteiger partial charge in [0, 0.05) is 24.9 Å². The van der Waals surface area contributed by atoms with E-state index in [4.69, 9.17) is 5.73 Å². The summed E-state index contributed by atoms with van der Waals surface area (Å²) < 4.78 is 1.92. The van der Waals surface area contributed by atoms with Gasteiger partial charge in [0.15, 0.2) is 0 Å². The molecule has 20 heavy (non-hydrogen) atoms. The zero-order valence-corrected chi connectivity index (χ0v) is 11.7. The molecule has 1 aliphatic carbocycles. The number of amides is 1. The van der Waals surface area contributed by atoms with E-state index in [1.807, 2.05) is 35.9 Å². The van der Waals surface area contributed by atoms with Gasteiger partial charge in [-0.15, -0.1) is 0 Å². The van der Waals surface area contributed by atoms with Gasteiger partial charge in [0.2, 0.25) is 5.91 Å². The lowest BCUT2D eigenvalue weighted by Gasteiger charge is -2.14. The van der Waals surface area contributed by atoms with Crippen molar-refractivity contribution >= 4 is 17.2 Å². The Balaban J connectivity index is 1.67. The van der Waals surface area contributed by atoms with Crippen molar-refractivity contribution in [3.8, 4) is 0 Å². The fourth-order valence-electron chi connectivity index (χ4n) is 2.96. The second-order valence-corrected chi connectivity index (χ2v) is 5.67. The van der Waals surface area contributed by atoms with Gasteiger partial charge in [-0.05, 0) is 37.8 Å². The summed E-state index contributed by atoms with van der Waals surface area (Å²) in [6, 6.07) is 3.97. The van der Waals surface area contributed by atoms with Crippen molar-refractivity contribution in [3.05, 3.63) is 30.2 Å². The predicted molar refractivity (Wildman–Crippen MR) is 78.5 cm³/mol. The Bertz CT molecular complexity index is 634. The molecule has 2 atom stereocenters. The Labute approximate surface area is 118 Å². The van der Waals surface area contributed by atoms with Crippen molar-refractivity contribution in [2.24, 2.45) is 11.7 Å². The highest BCUT2D eigenvalue weighted by Crippen LogP contribution is 2.27. The van der Waals surface area contributed by atoms with Crippen LogP contribution in [0.2, 0.25) is 0 Å². The number of nitrogens with zero attached hydrogens (tertiary/aromatic N) is 2. The number of rotatable bonds is 3. The first-order valence-electron chi connectivity index (χ1n) is 7.12.